The fourth-order valence-corrected chi connectivity index (χ4v) is 1.67. The van der Waals surface area contributed by atoms with Gasteiger partial charge in [0, 0.05) is 6.42 Å². The van der Waals surface area contributed by atoms with E-state index in [1.54, 1.807) is 0 Å². The van der Waals surface area contributed by atoms with Crippen LogP contribution >= 0.6 is 0 Å². The highest BCUT2D eigenvalue weighted by atomic mass is 16.3. The van der Waals surface area contributed by atoms with Crippen LogP contribution in [0.2, 0.25) is 0 Å². The Balaban J connectivity index is 3.34. The zero-order chi connectivity index (χ0) is 12.4. The van der Waals surface area contributed by atoms with E-state index in [-0.39, 0.29) is 5.78 Å². The summed E-state index contributed by atoms with van der Waals surface area (Å²) >= 11 is 0. The summed E-state index contributed by atoms with van der Waals surface area (Å²) < 4.78 is 0. The number of Topliss-reactive ketones (excluding diaryl/α,β-unsaturated/α-hetero) is 1. The normalized spacial score (nSPS) is 14.8. The van der Waals surface area contributed by atoms with E-state index in [0.29, 0.717) is 6.42 Å². The first kappa shape index (κ1) is 15.6. The van der Waals surface area contributed by atoms with E-state index >= 15 is 0 Å². The lowest BCUT2D eigenvalue weighted by Crippen LogP contribution is -2.31. The monoisotopic (exact) mass is 230 g/mol. The molecule has 0 aliphatic heterocycles. The van der Waals surface area contributed by atoms with Crippen LogP contribution in [-0.2, 0) is 4.79 Å². The highest BCUT2D eigenvalue weighted by Crippen LogP contribution is 2.09. The van der Waals surface area contributed by atoms with Crippen molar-refractivity contribution >= 4 is 5.78 Å². The number of aliphatic hydroxyl groups excluding tert-OH is 2. The molecule has 0 aromatic heterocycles. The van der Waals surface area contributed by atoms with Crippen molar-refractivity contribution in [2.24, 2.45) is 0 Å². The topological polar surface area (TPSA) is 57.5 Å². The van der Waals surface area contributed by atoms with E-state index < -0.39 is 12.2 Å². The fraction of sp³-hybridized carbons (Fsp3) is 0.923. The van der Waals surface area contributed by atoms with Gasteiger partial charge in [-0.3, -0.25) is 4.79 Å². The lowest BCUT2D eigenvalue weighted by atomic mass is 10.0. The number of carbonyl (C=O) groups is 1. The number of unbranched alkanes of at least 4 members (excludes halogenated alkanes) is 6. The second kappa shape index (κ2) is 9.79. The smallest absolute Gasteiger partial charge is 0.163 e. The van der Waals surface area contributed by atoms with Crippen LogP contribution in [0.5, 0.6) is 0 Å². The van der Waals surface area contributed by atoms with E-state index in [9.17, 15) is 9.90 Å². The van der Waals surface area contributed by atoms with E-state index in [2.05, 4.69) is 6.92 Å². The average molecular weight is 230 g/mol. The van der Waals surface area contributed by atoms with Crippen LogP contribution in [0, 0.1) is 0 Å². The second-order valence-corrected chi connectivity index (χ2v) is 4.52. The molecule has 96 valence electrons. The average Bonchev–Trinajstić information content (AvgIpc) is 2.26. The molecule has 0 aromatic rings. The number of hydrogen-bond donors (Lipinski definition) is 2. The Morgan fingerprint density at radius 1 is 1.00 bits per heavy atom. The Bertz CT molecular complexity index is 178. The van der Waals surface area contributed by atoms with Crippen molar-refractivity contribution in [1.29, 1.82) is 0 Å². The summed E-state index contributed by atoms with van der Waals surface area (Å²) in [5, 5.41) is 18.3. The van der Waals surface area contributed by atoms with Crippen LogP contribution in [0.1, 0.15) is 65.2 Å². The quantitative estimate of drug-likeness (QED) is 0.567. The molecule has 0 aliphatic carbocycles. The van der Waals surface area contributed by atoms with Gasteiger partial charge in [-0.15, -0.1) is 0 Å². The second-order valence-electron chi connectivity index (χ2n) is 4.52. The van der Waals surface area contributed by atoms with Crippen molar-refractivity contribution < 1.29 is 15.0 Å². The molecule has 3 heteroatoms. The Morgan fingerprint density at radius 2 is 1.50 bits per heavy atom. The summed E-state index contributed by atoms with van der Waals surface area (Å²) in [5.41, 5.74) is 0. The van der Waals surface area contributed by atoms with Gasteiger partial charge >= 0.3 is 0 Å². The summed E-state index contributed by atoms with van der Waals surface area (Å²) in [6.07, 6.45) is 6.34. The van der Waals surface area contributed by atoms with Crippen LogP contribution < -0.4 is 0 Å². The third-order valence-electron chi connectivity index (χ3n) is 2.81. The van der Waals surface area contributed by atoms with Gasteiger partial charge in [-0.2, -0.15) is 0 Å². The Hall–Kier alpha value is -0.410. The standard InChI is InChI=1S/C13H26O3/c1-3-4-5-6-7-8-9-10-12(15)13(16)11(2)14/h11,13-14,16H,3-10H2,1-2H3. The SMILES string of the molecule is CCCCCCCCCC(=O)C(O)C(C)O. The highest BCUT2D eigenvalue weighted by molar-refractivity contribution is 5.83. The van der Waals surface area contributed by atoms with Gasteiger partial charge in [0.2, 0.25) is 0 Å². The van der Waals surface area contributed by atoms with Gasteiger partial charge in [0.1, 0.15) is 6.10 Å². The molecule has 0 aliphatic rings. The van der Waals surface area contributed by atoms with Crippen molar-refractivity contribution in [2.75, 3.05) is 0 Å². The van der Waals surface area contributed by atoms with Crippen LogP contribution in [0.4, 0.5) is 0 Å². The van der Waals surface area contributed by atoms with Gasteiger partial charge in [-0.05, 0) is 13.3 Å². The third-order valence-corrected chi connectivity index (χ3v) is 2.81. The minimum Gasteiger partial charge on any atom is -0.390 e. The van der Waals surface area contributed by atoms with Crippen molar-refractivity contribution in [3.63, 3.8) is 0 Å². The zero-order valence-corrected chi connectivity index (χ0v) is 10.6. The van der Waals surface area contributed by atoms with Crippen LogP contribution in [0.3, 0.4) is 0 Å². The number of aliphatic hydroxyl groups is 2. The van der Waals surface area contributed by atoms with Crippen molar-refractivity contribution in [3.05, 3.63) is 0 Å². The zero-order valence-electron chi connectivity index (χ0n) is 10.6. The maximum atomic E-state index is 11.3. The first-order valence-electron chi connectivity index (χ1n) is 6.48. The largest absolute Gasteiger partial charge is 0.390 e. The molecule has 0 bridgehead atoms. The first-order chi connectivity index (χ1) is 7.59. The first-order valence-corrected chi connectivity index (χ1v) is 6.48. The number of hydrogen-bond acceptors (Lipinski definition) is 3. The fourth-order valence-electron chi connectivity index (χ4n) is 1.67. The number of carbonyl (C=O) groups excluding carboxylic acids is 1. The highest BCUT2D eigenvalue weighted by Gasteiger charge is 2.19. The lowest BCUT2D eigenvalue weighted by molar-refractivity contribution is -0.132. The molecule has 0 aromatic carbocycles. The molecule has 2 unspecified atom stereocenters. The van der Waals surface area contributed by atoms with E-state index in [4.69, 9.17) is 5.11 Å². The van der Waals surface area contributed by atoms with Crippen molar-refractivity contribution in [3.8, 4) is 0 Å². The lowest BCUT2D eigenvalue weighted by Gasteiger charge is -2.11. The van der Waals surface area contributed by atoms with E-state index in [0.717, 1.165) is 19.3 Å². The molecule has 0 rings (SSSR count). The number of ketones is 1. The molecule has 16 heavy (non-hydrogen) atoms. The van der Waals surface area contributed by atoms with Crippen molar-refractivity contribution in [1.82, 2.24) is 0 Å². The van der Waals surface area contributed by atoms with Gasteiger partial charge in [0.15, 0.2) is 5.78 Å². The molecule has 2 N–H and O–H groups in total. The molecule has 0 saturated heterocycles. The molecule has 0 radical (unpaired) electrons. The van der Waals surface area contributed by atoms with E-state index in [1.165, 1.54) is 32.6 Å². The predicted octanol–water partition coefficient (Wildman–Crippen LogP) is 2.44. The maximum absolute atomic E-state index is 11.3. The maximum Gasteiger partial charge on any atom is 0.163 e. The minimum absolute atomic E-state index is 0.233. The number of rotatable bonds is 10. The molecule has 3 nitrogen and oxygen atoms in total. The third kappa shape index (κ3) is 7.83. The summed E-state index contributed by atoms with van der Waals surface area (Å²) in [4.78, 5) is 11.3. The van der Waals surface area contributed by atoms with Crippen LogP contribution in [0.25, 0.3) is 0 Å². The van der Waals surface area contributed by atoms with Crippen molar-refractivity contribution in [2.45, 2.75) is 77.4 Å². The predicted molar refractivity (Wildman–Crippen MR) is 65.3 cm³/mol. The molecular weight excluding hydrogens is 204 g/mol. The van der Waals surface area contributed by atoms with Gasteiger partial charge in [-0.25, -0.2) is 0 Å². The summed E-state index contributed by atoms with van der Waals surface area (Å²) in [6, 6.07) is 0. The molecular formula is C13H26O3. The molecule has 2 atom stereocenters. The molecule has 0 heterocycles. The summed E-state index contributed by atoms with van der Waals surface area (Å²) in [5.74, 6) is -0.233. The molecule has 0 amide bonds. The Labute approximate surface area is 98.9 Å². The summed E-state index contributed by atoms with van der Waals surface area (Å²) in [6.45, 7) is 3.63. The van der Waals surface area contributed by atoms with Crippen LogP contribution in [-0.4, -0.2) is 28.2 Å². The summed E-state index contributed by atoms with van der Waals surface area (Å²) in [7, 11) is 0. The van der Waals surface area contributed by atoms with Gasteiger partial charge in [-0.1, -0.05) is 45.4 Å². The van der Waals surface area contributed by atoms with Crippen LogP contribution in [0.15, 0.2) is 0 Å². The van der Waals surface area contributed by atoms with Gasteiger partial charge < -0.3 is 10.2 Å². The molecule has 0 spiro atoms. The Morgan fingerprint density at radius 3 is 2.00 bits per heavy atom. The molecule has 0 saturated carbocycles. The van der Waals surface area contributed by atoms with Gasteiger partial charge in [0.05, 0.1) is 6.10 Å². The van der Waals surface area contributed by atoms with Gasteiger partial charge in [0.25, 0.3) is 0 Å². The Kier molecular flexibility index (Phi) is 9.54. The minimum atomic E-state index is -1.19. The van der Waals surface area contributed by atoms with E-state index in [1.807, 2.05) is 0 Å². The molecule has 0 fully saturated rings.